The van der Waals surface area contributed by atoms with Crippen molar-refractivity contribution in [1.82, 2.24) is 25.4 Å². The van der Waals surface area contributed by atoms with Crippen LogP contribution in [0.25, 0.3) is 10.9 Å². The Morgan fingerprint density at radius 2 is 1.75 bits per heavy atom. The van der Waals surface area contributed by atoms with Gasteiger partial charge in [-0.25, -0.2) is 9.59 Å². The summed E-state index contributed by atoms with van der Waals surface area (Å²) in [5.41, 5.74) is -1.63. The molecule has 3 fully saturated rings. The van der Waals surface area contributed by atoms with Crippen LogP contribution in [0.5, 0.6) is 5.75 Å². The van der Waals surface area contributed by atoms with E-state index in [0.717, 1.165) is 33.4 Å². The van der Waals surface area contributed by atoms with Crippen molar-refractivity contribution in [3.63, 3.8) is 0 Å². The number of aromatic nitrogens is 1. The molecule has 2 aromatic carbocycles. The van der Waals surface area contributed by atoms with Crippen molar-refractivity contribution in [2.24, 2.45) is 11.3 Å². The van der Waals surface area contributed by atoms with Crippen molar-refractivity contribution in [1.29, 1.82) is 0 Å². The maximum absolute atomic E-state index is 15.7. The van der Waals surface area contributed by atoms with Crippen LogP contribution in [0, 0.1) is 11.3 Å². The summed E-state index contributed by atoms with van der Waals surface area (Å²) in [5, 5.41) is 20.8. The number of hydrogen-bond donors (Lipinski definition) is 4. The van der Waals surface area contributed by atoms with E-state index in [-0.39, 0.29) is 24.5 Å². The average Bonchev–Trinajstić information content (AvgIpc) is 4.15. The number of esters is 3. The number of fused-ring (bicyclic) bond motifs is 6. The minimum absolute atomic E-state index is 0.140. The van der Waals surface area contributed by atoms with E-state index in [1.54, 1.807) is 19.4 Å². The van der Waals surface area contributed by atoms with Gasteiger partial charge in [0.05, 0.1) is 45.7 Å². The number of benzene rings is 2. The molecule has 1 saturated carbocycles. The number of nitrogens with zero attached hydrogens (tertiary/aromatic N) is 3. The van der Waals surface area contributed by atoms with Crippen molar-refractivity contribution >= 4 is 40.5 Å². The molecule has 1 unspecified atom stereocenters. The third kappa shape index (κ3) is 6.42. The summed E-state index contributed by atoms with van der Waals surface area (Å²) in [6, 6.07) is 14.2. The summed E-state index contributed by atoms with van der Waals surface area (Å²) in [6.07, 6.45) is 7.51. The van der Waals surface area contributed by atoms with Crippen LogP contribution in [0.3, 0.4) is 0 Å². The molecule has 68 heavy (non-hydrogen) atoms. The molecule has 2 bridgehead atoms. The number of rotatable bonds is 10. The molecule has 10 atom stereocenters. The first-order valence-electron chi connectivity index (χ1n) is 24.0. The molecule has 6 aliphatic rings. The van der Waals surface area contributed by atoms with Crippen molar-refractivity contribution in [3.05, 3.63) is 95.1 Å². The van der Waals surface area contributed by atoms with Gasteiger partial charge in [-0.05, 0) is 86.4 Å². The Morgan fingerprint density at radius 1 is 0.956 bits per heavy atom. The summed E-state index contributed by atoms with van der Waals surface area (Å²) < 4.78 is 29.7. The van der Waals surface area contributed by atoms with Crippen LogP contribution in [-0.4, -0.2) is 134 Å². The number of aliphatic hydroxyl groups is 1. The monoisotopic (exact) mass is 932 g/mol. The number of nitrogens with one attached hydrogen (secondary N) is 3. The molecule has 4 N–H and O–H groups in total. The fourth-order valence-electron chi connectivity index (χ4n) is 14.6. The Morgan fingerprint density at radius 3 is 2.46 bits per heavy atom. The van der Waals surface area contributed by atoms with E-state index in [4.69, 9.17) is 23.4 Å². The minimum Gasteiger partial charge on any atom is -0.496 e. The fourth-order valence-corrected chi connectivity index (χ4v) is 14.6. The van der Waals surface area contributed by atoms with Crippen LogP contribution in [0.2, 0.25) is 0 Å². The zero-order valence-electron chi connectivity index (χ0n) is 40.1. The van der Waals surface area contributed by atoms with Crippen molar-refractivity contribution in [2.75, 3.05) is 66.0 Å². The maximum atomic E-state index is 15.7. The lowest BCUT2D eigenvalue weighted by Crippen LogP contribution is -2.81. The van der Waals surface area contributed by atoms with Gasteiger partial charge >= 0.3 is 23.9 Å². The van der Waals surface area contributed by atoms with Crippen LogP contribution in [0.4, 0.5) is 10.5 Å². The smallest absolute Gasteiger partial charge is 0.344 e. The Balaban J connectivity index is 1.19. The number of carbonyl (C=O) groups excluding carboxylic acids is 4. The van der Waals surface area contributed by atoms with Gasteiger partial charge in [-0.2, -0.15) is 0 Å². The number of hydrogen-bond acceptors (Lipinski definition) is 13. The zero-order valence-corrected chi connectivity index (χ0v) is 40.1. The lowest BCUT2D eigenvalue weighted by Gasteiger charge is -2.63. The third-order valence-corrected chi connectivity index (χ3v) is 17.0. The summed E-state index contributed by atoms with van der Waals surface area (Å²) >= 11 is 0. The number of H-pyrrole nitrogens is 1. The minimum atomic E-state index is -2.33. The van der Waals surface area contributed by atoms with Crippen LogP contribution in [-0.2, 0) is 52.4 Å². The fraction of sp³-hybridized carbons (Fsp3) is 0.538. The molecule has 0 radical (unpaired) electrons. The highest BCUT2D eigenvalue weighted by Gasteiger charge is 2.80. The van der Waals surface area contributed by atoms with Gasteiger partial charge in [0.15, 0.2) is 6.10 Å². The van der Waals surface area contributed by atoms with E-state index in [0.29, 0.717) is 88.3 Å². The van der Waals surface area contributed by atoms with E-state index < -0.39 is 57.4 Å². The number of anilines is 1. The summed E-state index contributed by atoms with van der Waals surface area (Å²) in [5.74, 6) is -1.03. The molecule has 10 rings (SSSR count). The highest BCUT2D eigenvalue weighted by molar-refractivity contribution is 5.95. The number of furan rings is 1. The molecule has 4 aromatic rings. The van der Waals surface area contributed by atoms with Gasteiger partial charge in [-0.3, -0.25) is 14.5 Å². The normalized spacial score (nSPS) is 33.5. The number of amides is 2. The first-order chi connectivity index (χ1) is 32.7. The van der Waals surface area contributed by atoms with Crippen LogP contribution < -0.4 is 20.3 Å². The second-order valence-corrected chi connectivity index (χ2v) is 20.1. The molecule has 7 heterocycles. The summed E-state index contributed by atoms with van der Waals surface area (Å²) in [6.45, 7) is 8.89. The summed E-state index contributed by atoms with van der Waals surface area (Å²) in [4.78, 5) is 67.6. The van der Waals surface area contributed by atoms with Gasteiger partial charge < -0.3 is 53.9 Å². The molecule has 1 spiro atoms. The number of piperidine rings is 1. The SMILES string of the molecule is CC[C@]1(NC(=O)NCc2ccco2)C[C@@H]2CN(CCc3c([nH]c4ccccc34)[C@@](C(=O)OC)(c3cc4c(cc3OC)N(C)[C@H]3[C@@](O)(C(=O)OC)[C@H](OC(C)=O)[C@]5(CC)C=CCN6CC[C@]43[C@@H]65)C2)C1. The van der Waals surface area contributed by atoms with Gasteiger partial charge in [0.2, 0.25) is 5.60 Å². The van der Waals surface area contributed by atoms with E-state index >= 15 is 4.79 Å². The lowest BCUT2D eigenvalue weighted by atomic mass is 9.47. The quantitative estimate of drug-likeness (QED) is 0.0937. The van der Waals surface area contributed by atoms with E-state index in [9.17, 15) is 19.5 Å². The van der Waals surface area contributed by atoms with E-state index in [2.05, 4.69) is 50.5 Å². The Bertz CT molecular complexity index is 2680. The van der Waals surface area contributed by atoms with Crippen LogP contribution in [0.15, 0.2) is 71.4 Å². The third-order valence-electron chi connectivity index (χ3n) is 17.0. The molecule has 16 heteroatoms. The number of para-hydroxylation sites is 1. The van der Waals surface area contributed by atoms with Crippen LogP contribution in [0.1, 0.15) is 81.0 Å². The largest absolute Gasteiger partial charge is 0.496 e. The number of ether oxygens (including phenoxy) is 4. The first kappa shape index (κ1) is 45.9. The predicted octanol–water partition coefficient (Wildman–Crippen LogP) is 5.09. The number of aromatic amines is 1. The number of likely N-dealkylation sites (N-methyl/N-ethyl adjacent to an activating group) is 1. The molecule has 2 amide bonds. The van der Waals surface area contributed by atoms with Crippen molar-refractivity contribution in [3.8, 4) is 5.75 Å². The second-order valence-electron chi connectivity index (χ2n) is 20.1. The molecular weight excluding hydrogens is 869 g/mol. The number of urea groups is 1. The molecule has 1 aliphatic carbocycles. The highest BCUT2D eigenvalue weighted by Crippen LogP contribution is 2.68. The molecule has 16 nitrogen and oxygen atoms in total. The molecule has 2 saturated heterocycles. The Labute approximate surface area is 396 Å². The molecule has 2 aromatic heterocycles. The average molecular weight is 933 g/mol. The highest BCUT2D eigenvalue weighted by atomic mass is 16.6. The second kappa shape index (κ2) is 16.7. The number of carbonyl (C=O) groups is 4. The van der Waals surface area contributed by atoms with Gasteiger partial charge in [0.25, 0.3) is 0 Å². The first-order valence-corrected chi connectivity index (χ1v) is 24.0. The molecule has 362 valence electrons. The lowest BCUT2D eigenvalue weighted by molar-refractivity contribution is -0.228. The van der Waals surface area contributed by atoms with Gasteiger partial charge in [-0.1, -0.05) is 44.2 Å². The summed E-state index contributed by atoms with van der Waals surface area (Å²) in [7, 11) is 6.14. The van der Waals surface area contributed by atoms with Gasteiger partial charge in [-0.15, -0.1) is 0 Å². The number of methoxy groups -OCH3 is 3. The van der Waals surface area contributed by atoms with Crippen molar-refractivity contribution in [2.45, 2.75) is 106 Å². The van der Waals surface area contributed by atoms with E-state index in [1.165, 1.54) is 21.1 Å². The van der Waals surface area contributed by atoms with Gasteiger partial charge in [0.1, 0.15) is 16.9 Å². The zero-order chi connectivity index (χ0) is 48.0. The van der Waals surface area contributed by atoms with Gasteiger partial charge in [0, 0.05) is 90.9 Å². The topological polar surface area (TPSA) is 188 Å². The Kier molecular flexibility index (Phi) is 11.3. The molecule has 5 aliphatic heterocycles. The van der Waals surface area contributed by atoms with Crippen molar-refractivity contribution < 1.29 is 47.6 Å². The Hall–Kier alpha value is -5.84. The van der Waals surface area contributed by atoms with Crippen LogP contribution >= 0.6 is 0 Å². The molecular formula is C52H64N6O10. The maximum Gasteiger partial charge on any atom is 0.344 e. The predicted molar refractivity (Wildman–Crippen MR) is 252 cm³/mol. The van der Waals surface area contributed by atoms with E-state index in [1.807, 2.05) is 55.3 Å². The standard InChI is InChI=1S/C52H64N6O10/c1-8-48(55-47(62)53-28-33-14-12-23-67-33)26-32-27-51(45(60)65-6,41-35(17-21-57(29-32)30-48)34-15-10-11-16-38(34)54-41)37-24-36-39(25-40(37)64-5)56(4)43-50(36)19-22-58-20-13-18-49(9-2,42(50)58)44(68-31(3)59)52(43,63)46(61)66-7/h10-16,18,23-25,32,42-44,54,63H,8-9,17,19-22,26-30H2,1-7H3,(H2,53,55,62)/t32-,42-,43+,44+,48-,49+,50+,51-,52-/m0/s1.